The molecule has 0 aromatic rings. The van der Waals surface area contributed by atoms with Crippen molar-refractivity contribution in [1.82, 2.24) is 0 Å². The van der Waals surface area contributed by atoms with Crippen molar-refractivity contribution in [2.45, 2.75) is 70.6 Å². The molecule has 0 saturated carbocycles. The van der Waals surface area contributed by atoms with Gasteiger partial charge in [-0.1, -0.05) is 45.4 Å². The maximum Gasteiger partial charge on any atom is 0.285 e. The number of epoxide rings is 1. The van der Waals surface area contributed by atoms with E-state index in [0.29, 0.717) is 13.2 Å². The van der Waals surface area contributed by atoms with E-state index in [9.17, 15) is 0 Å². The van der Waals surface area contributed by atoms with E-state index < -0.39 is 5.97 Å². The first kappa shape index (κ1) is 19.8. The Morgan fingerprint density at radius 3 is 2.09 bits per heavy atom. The zero-order chi connectivity index (χ0) is 16.3. The summed E-state index contributed by atoms with van der Waals surface area (Å²) in [5, 5.41) is 0. The molecule has 5 nitrogen and oxygen atoms in total. The van der Waals surface area contributed by atoms with Crippen LogP contribution < -0.4 is 0 Å². The summed E-state index contributed by atoms with van der Waals surface area (Å²) >= 11 is 0. The number of hydrogen-bond donors (Lipinski definition) is 0. The molecular weight excluding hydrogens is 284 g/mol. The molecule has 0 aromatic heterocycles. The van der Waals surface area contributed by atoms with Gasteiger partial charge in [0.2, 0.25) is 0 Å². The molecule has 132 valence electrons. The van der Waals surface area contributed by atoms with Gasteiger partial charge in [-0.25, -0.2) is 0 Å². The van der Waals surface area contributed by atoms with Gasteiger partial charge in [-0.3, -0.25) is 0 Å². The van der Waals surface area contributed by atoms with Crippen LogP contribution in [0.1, 0.15) is 58.3 Å². The summed E-state index contributed by atoms with van der Waals surface area (Å²) in [6, 6.07) is 0. The van der Waals surface area contributed by atoms with Crippen LogP contribution in [0, 0.1) is 5.92 Å². The van der Waals surface area contributed by atoms with Crippen molar-refractivity contribution in [3.05, 3.63) is 0 Å². The third kappa shape index (κ3) is 6.92. The predicted molar refractivity (Wildman–Crippen MR) is 85.6 cm³/mol. The first-order valence-corrected chi connectivity index (χ1v) is 8.61. The normalized spacial score (nSPS) is 19.4. The Labute approximate surface area is 135 Å². The molecule has 0 amide bonds. The zero-order valence-electron chi connectivity index (χ0n) is 14.8. The Bertz CT molecular complexity index is 256. The average molecular weight is 318 g/mol. The van der Waals surface area contributed by atoms with Gasteiger partial charge in [-0.2, -0.15) is 0 Å². The highest BCUT2D eigenvalue weighted by atomic mass is 16.9. The van der Waals surface area contributed by atoms with Gasteiger partial charge in [0.1, 0.15) is 6.61 Å². The fraction of sp³-hybridized carbons (Fsp3) is 1.00. The summed E-state index contributed by atoms with van der Waals surface area (Å²) in [5.41, 5.74) is 0. The minimum atomic E-state index is -0.975. The largest absolute Gasteiger partial charge is 0.350 e. The van der Waals surface area contributed by atoms with E-state index in [-0.39, 0.29) is 12.2 Å². The summed E-state index contributed by atoms with van der Waals surface area (Å²) in [6.07, 6.45) is 9.49. The molecule has 1 saturated heterocycles. The predicted octanol–water partition coefficient (Wildman–Crippen LogP) is 3.71. The highest BCUT2D eigenvalue weighted by molar-refractivity contribution is 4.72. The second kappa shape index (κ2) is 11.4. The Kier molecular flexibility index (Phi) is 10.2. The van der Waals surface area contributed by atoms with Crippen molar-refractivity contribution >= 4 is 0 Å². The van der Waals surface area contributed by atoms with Crippen LogP contribution in [0.15, 0.2) is 0 Å². The van der Waals surface area contributed by atoms with E-state index in [1.807, 2.05) is 0 Å². The molecule has 5 heteroatoms. The maximum atomic E-state index is 5.58. The lowest BCUT2D eigenvalue weighted by atomic mass is 9.94. The van der Waals surface area contributed by atoms with Gasteiger partial charge in [0, 0.05) is 27.2 Å². The number of unbranched alkanes of at least 4 members (excludes halogenated alkanes) is 5. The van der Waals surface area contributed by atoms with Crippen molar-refractivity contribution in [1.29, 1.82) is 0 Å². The SMILES string of the molecule is CCCCCCCCC(CCOC1CO1)C(OC)(OC)OC. The van der Waals surface area contributed by atoms with Crippen molar-refractivity contribution in [3.8, 4) is 0 Å². The lowest BCUT2D eigenvalue weighted by Gasteiger charge is -2.36. The van der Waals surface area contributed by atoms with Crippen molar-refractivity contribution < 1.29 is 23.7 Å². The van der Waals surface area contributed by atoms with Gasteiger partial charge in [0.15, 0.2) is 6.29 Å². The second-order valence-corrected chi connectivity index (χ2v) is 5.89. The summed E-state index contributed by atoms with van der Waals surface area (Å²) in [6.45, 7) is 3.60. The minimum Gasteiger partial charge on any atom is -0.350 e. The van der Waals surface area contributed by atoms with Crippen LogP contribution in [0.4, 0.5) is 0 Å². The number of methoxy groups -OCH3 is 3. The van der Waals surface area contributed by atoms with Crippen LogP contribution in [0.3, 0.4) is 0 Å². The van der Waals surface area contributed by atoms with Gasteiger partial charge in [-0.05, 0) is 12.8 Å². The van der Waals surface area contributed by atoms with E-state index >= 15 is 0 Å². The van der Waals surface area contributed by atoms with Crippen LogP contribution in [0.25, 0.3) is 0 Å². The van der Waals surface area contributed by atoms with E-state index in [1.165, 1.54) is 32.1 Å². The van der Waals surface area contributed by atoms with Crippen LogP contribution in [0.2, 0.25) is 0 Å². The third-order valence-electron chi connectivity index (χ3n) is 4.33. The number of hydrogen-bond acceptors (Lipinski definition) is 5. The maximum absolute atomic E-state index is 5.58. The number of ether oxygens (including phenoxy) is 5. The number of rotatable bonds is 15. The van der Waals surface area contributed by atoms with Crippen LogP contribution in [-0.4, -0.2) is 46.8 Å². The standard InChI is InChI=1S/C17H34O5/c1-5-6-7-8-9-10-11-15(12-13-21-16-14-22-16)17(18-2,19-3)20-4/h15-16H,5-14H2,1-4H3. The monoisotopic (exact) mass is 318 g/mol. The fourth-order valence-electron chi connectivity index (χ4n) is 2.90. The van der Waals surface area contributed by atoms with Gasteiger partial charge in [0.25, 0.3) is 5.97 Å². The molecule has 1 aliphatic heterocycles. The van der Waals surface area contributed by atoms with Crippen LogP contribution in [-0.2, 0) is 23.7 Å². The fourth-order valence-corrected chi connectivity index (χ4v) is 2.90. The van der Waals surface area contributed by atoms with Gasteiger partial charge in [0.05, 0.1) is 6.61 Å². The Hall–Kier alpha value is -0.200. The molecule has 2 atom stereocenters. The molecule has 0 N–H and O–H groups in total. The van der Waals surface area contributed by atoms with Gasteiger partial charge >= 0.3 is 0 Å². The van der Waals surface area contributed by atoms with Crippen molar-refractivity contribution in [2.24, 2.45) is 5.92 Å². The topological polar surface area (TPSA) is 49.5 Å². The lowest BCUT2D eigenvalue weighted by Crippen LogP contribution is -2.44. The highest BCUT2D eigenvalue weighted by Gasteiger charge is 2.39. The quantitative estimate of drug-likeness (QED) is 0.262. The second-order valence-electron chi connectivity index (χ2n) is 5.89. The molecule has 1 heterocycles. The summed E-state index contributed by atoms with van der Waals surface area (Å²) in [4.78, 5) is 0. The van der Waals surface area contributed by atoms with E-state index in [0.717, 1.165) is 19.3 Å². The van der Waals surface area contributed by atoms with E-state index in [2.05, 4.69) is 6.92 Å². The first-order valence-electron chi connectivity index (χ1n) is 8.61. The Morgan fingerprint density at radius 1 is 0.955 bits per heavy atom. The minimum absolute atomic E-state index is 0.00303. The molecule has 0 radical (unpaired) electrons. The zero-order valence-corrected chi connectivity index (χ0v) is 14.8. The molecule has 1 rings (SSSR count). The van der Waals surface area contributed by atoms with E-state index in [1.54, 1.807) is 21.3 Å². The molecule has 2 unspecified atom stereocenters. The molecule has 22 heavy (non-hydrogen) atoms. The molecule has 0 bridgehead atoms. The van der Waals surface area contributed by atoms with E-state index in [4.69, 9.17) is 23.7 Å². The molecule has 1 fully saturated rings. The molecule has 0 spiro atoms. The van der Waals surface area contributed by atoms with Gasteiger partial charge < -0.3 is 23.7 Å². The van der Waals surface area contributed by atoms with Crippen molar-refractivity contribution in [2.75, 3.05) is 34.5 Å². The summed E-state index contributed by atoms with van der Waals surface area (Å²) in [5.74, 6) is -0.825. The van der Waals surface area contributed by atoms with Gasteiger partial charge in [-0.15, -0.1) is 0 Å². The Balaban J connectivity index is 2.37. The van der Waals surface area contributed by atoms with Crippen LogP contribution in [0.5, 0.6) is 0 Å². The average Bonchev–Trinajstić information content (AvgIpc) is 3.36. The molecule has 0 aromatic carbocycles. The summed E-state index contributed by atoms with van der Waals surface area (Å²) in [7, 11) is 4.89. The smallest absolute Gasteiger partial charge is 0.285 e. The molecule has 0 aliphatic carbocycles. The molecular formula is C17H34O5. The summed E-state index contributed by atoms with van der Waals surface area (Å²) < 4.78 is 27.3. The third-order valence-corrected chi connectivity index (χ3v) is 4.33. The molecule has 1 aliphatic rings. The Morgan fingerprint density at radius 2 is 1.55 bits per heavy atom. The van der Waals surface area contributed by atoms with Crippen LogP contribution >= 0.6 is 0 Å². The lowest BCUT2D eigenvalue weighted by molar-refractivity contribution is -0.381. The highest BCUT2D eigenvalue weighted by Crippen LogP contribution is 2.31. The van der Waals surface area contributed by atoms with Crippen molar-refractivity contribution in [3.63, 3.8) is 0 Å². The first-order chi connectivity index (χ1) is 10.7.